The molecule has 0 spiro atoms. The standard InChI is InChI=1S/C9H8N2/c1-2-6-11-7-3-4-9(11)8-10-5-1/h1-8H/b5-1-,6-2-,10-8?. The van der Waals surface area contributed by atoms with Gasteiger partial charge in [-0.2, -0.15) is 0 Å². The number of aromatic nitrogens is 1. The van der Waals surface area contributed by atoms with Crippen LogP contribution in [0.5, 0.6) is 0 Å². The Morgan fingerprint density at radius 3 is 3.27 bits per heavy atom. The Morgan fingerprint density at radius 2 is 2.27 bits per heavy atom. The molecule has 2 rings (SSSR count). The Bertz CT molecular complexity index is 299. The fraction of sp³-hybridized carbons (Fsp3) is 0. The van der Waals surface area contributed by atoms with Crippen LogP contribution in [0.1, 0.15) is 5.69 Å². The number of hydrogen-bond donors (Lipinski definition) is 0. The van der Waals surface area contributed by atoms with Crippen molar-refractivity contribution in [3.05, 3.63) is 42.4 Å². The monoisotopic (exact) mass is 144 g/mol. The predicted octanol–water partition coefficient (Wildman–Crippen LogP) is 1.91. The van der Waals surface area contributed by atoms with Gasteiger partial charge in [-0.05, 0) is 24.3 Å². The van der Waals surface area contributed by atoms with Gasteiger partial charge in [0, 0.05) is 18.6 Å². The average molecular weight is 144 g/mol. The Balaban J connectivity index is 2.52. The fourth-order valence-corrected chi connectivity index (χ4v) is 1.01. The Kier molecular flexibility index (Phi) is 1.44. The molecule has 1 aromatic rings. The zero-order valence-electron chi connectivity index (χ0n) is 6.01. The second-order valence-electron chi connectivity index (χ2n) is 2.30. The van der Waals surface area contributed by atoms with Crippen molar-refractivity contribution < 1.29 is 0 Å². The molecule has 1 aliphatic rings. The minimum atomic E-state index is 1.10. The van der Waals surface area contributed by atoms with Crippen LogP contribution in [-0.2, 0) is 0 Å². The molecule has 2 heterocycles. The van der Waals surface area contributed by atoms with E-state index < -0.39 is 0 Å². The lowest BCUT2D eigenvalue weighted by atomic mass is 10.4. The summed E-state index contributed by atoms with van der Waals surface area (Å²) in [7, 11) is 0. The lowest BCUT2D eigenvalue weighted by molar-refractivity contribution is 1.15. The molecule has 0 saturated heterocycles. The average Bonchev–Trinajstić information content (AvgIpc) is 2.35. The highest BCUT2D eigenvalue weighted by atomic mass is 14.9. The van der Waals surface area contributed by atoms with Gasteiger partial charge in [0.05, 0.1) is 11.9 Å². The van der Waals surface area contributed by atoms with E-state index in [9.17, 15) is 0 Å². The number of fused-ring (bicyclic) bond motifs is 1. The van der Waals surface area contributed by atoms with Crippen molar-refractivity contribution in [2.24, 2.45) is 4.99 Å². The van der Waals surface area contributed by atoms with Gasteiger partial charge in [0.2, 0.25) is 0 Å². The number of nitrogens with zero attached hydrogens (tertiary/aromatic N) is 2. The van der Waals surface area contributed by atoms with Crippen molar-refractivity contribution in [3.8, 4) is 0 Å². The molecule has 1 aromatic heterocycles. The van der Waals surface area contributed by atoms with Gasteiger partial charge < -0.3 is 4.57 Å². The van der Waals surface area contributed by atoms with Crippen LogP contribution in [0.2, 0.25) is 0 Å². The first kappa shape index (κ1) is 6.16. The minimum Gasteiger partial charge on any atom is -0.322 e. The van der Waals surface area contributed by atoms with Crippen molar-refractivity contribution in [1.82, 2.24) is 4.57 Å². The van der Waals surface area contributed by atoms with Crippen molar-refractivity contribution in [1.29, 1.82) is 0 Å². The van der Waals surface area contributed by atoms with E-state index in [2.05, 4.69) is 4.99 Å². The zero-order valence-corrected chi connectivity index (χ0v) is 6.01. The largest absolute Gasteiger partial charge is 0.322 e. The van der Waals surface area contributed by atoms with Crippen molar-refractivity contribution in [3.63, 3.8) is 0 Å². The molecule has 0 bridgehead atoms. The number of aliphatic imine (C=N–C) groups is 1. The summed E-state index contributed by atoms with van der Waals surface area (Å²) in [5, 5.41) is 0. The van der Waals surface area contributed by atoms with E-state index in [1.807, 2.05) is 47.5 Å². The van der Waals surface area contributed by atoms with Crippen LogP contribution in [0.4, 0.5) is 0 Å². The maximum absolute atomic E-state index is 4.07. The summed E-state index contributed by atoms with van der Waals surface area (Å²) < 4.78 is 2.02. The molecule has 0 saturated carbocycles. The molecule has 0 unspecified atom stereocenters. The second kappa shape index (κ2) is 2.58. The van der Waals surface area contributed by atoms with E-state index in [0.29, 0.717) is 0 Å². The Labute approximate surface area is 65.2 Å². The summed E-state index contributed by atoms with van der Waals surface area (Å²) in [6.45, 7) is 0. The molecule has 0 N–H and O–H groups in total. The van der Waals surface area contributed by atoms with Crippen LogP contribution in [0, 0.1) is 0 Å². The second-order valence-corrected chi connectivity index (χ2v) is 2.30. The number of allylic oxidation sites excluding steroid dienone is 2. The minimum absolute atomic E-state index is 1.10. The highest BCUT2D eigenvalue weighted by Gasteiger charge is 1.92. The van der Waals surface area contributed by atoms with Gasteiger partial charge in [-0.3, -0.25) is 4.99 Å². The molecule has 0 aliphatic carbocycles. The van der Waals surface area contributed by atoms with Gasteiger partial charge in [0.25, 0.3) is 0 Å². The molecule has 0 aromatic carbocycles. The van der Waals surface area contributed by atoms with Crippen LogP contribution >= 0.6 is 0 Å². The molecule has 2 nitrogen and oxygen atoms in total. The SMILES string of the molecule is C1=N/C=C\C=C/n2cccc21. The highest BCUT2D eigenvalue weighted by Crippen LogP contribution is 2.01. The van der Waals surface area contributed by atoms with Crippen LogP contribution in [0.25, 0.3) is 6.20 Å². The lowest BCUT2D eigenvalue weighted by Crippen LogP contribution is -1.91. The molecule has 0 atom stereocenters. The maximum atomic E-state index is 4.07. The quantitative estimate of drug-likeness (QED) is 0.529. The first-order valence-corrected chi connectivity index (χ1v) is 3.50. The van der Waals surface area contributed by atoms with Gasteiger partial charge in [0.15, 0.2) is 0 Å². The lowest BCUT2D eigenvalue weighted by Gasteiger charge is -1.97. The third kappa shape index (κ3) is 1.15. The van der Waals surface area contributed by atoms with Gasteiger partial charge in [0.1, 0.15) is 0 Å². The summed E-state index contributed by atoms with van der Waals surface area (Å²) in [5.41, 5.74) is 1.10. The van der Waals surface area contributed by atoms with Crippen LogP contribution in [0.3, 0.4) is 0 Å². The molecule has 0 amide bonds. The van der Waals surface area contributed by atoms with E-state index >= 15 is 0 Å². The third-order valence-electron chi connectivity index (χ3n) is 1.55. The number of hydrogen-bond acceptors (Lipinski definition) is 1. The van der Waals surface area contributed by atoms with Gasteiger partial charge in [-0.1, -0.05) is 0 Å². The third-order valence-corrected chi connectivity index (χ3v) is 1.55. The van der Waals surface area contributed by atoms with Crippen LogP contribution in [0.15, 0.2) is 41.7 Å². The van der Waals surface area contributed by atoms with E-state index in [1.54, 1.807) is 6.20 Å². The van der Waals surface area contributed by atoms with Gasteiger partial charge in [-0.15, -0.1) is 0 Å². The maximum Gasteiger partial charge on any atom is 0.0633 e. The highest BCUT2D eigenvalue weighted by molar-refractivity contribution is 5.79. The molecule has 54 valence electrons. The summed E-state index contributed by atoms with van der Waals surface area (Å²) in [5.74, 6) is 0. The first-order chi connectivity index (χ1) is 5.47. The molecule has 0 radical (unpaired) electrons. The smallest absolute Gasteiger partial charge is 0.0633 e. The summed E-state index contributed by atoms with van der Waals surface area (Å²) >= 11 is 0. The zero-order chi connectivity index (χ0) is 7.52. The van der Waals surface area contributed by atoms with Gasteiger partial charge in [-0.25, -0.2) is 0 Å². The normalized spacial score (nSPS) is 20.0. The molecular weight excluding hydrogens is 136 g/mol. The van der Waals surface area contributed by atoms with E-state index in [0.717, 1.165) is 5.69 Å². The Morgan fingerprint density at radius 1 is 1.27 bits per heavy atom. The fourth-order valence-electron chi connectivity index (χ4n) is 1.01. The topological polar surface area (TPSA) is 17.3 Å². The van der Waals surface area contributed by atoms with Gasteiger partial charge >= 0.3 is 0 Å². The molecule has 2 heteroatoms. The van der Waals surface area contributed by atoms with Crippen LogP contribution < -0.4 is 0 Å². The molecule has 1 aliphatic heterocycles. The molecule has 11 heavy (non-hydrogen) atoms. The van der Waals surface area contributed by atoms with E-state index in [-0.39, 0.29) is 0 Å². The first-order valence-electron chi connectivity index (χ1n) is 3.50. The summed E-state index contributed by atoms with van der Waals surface area (Å²) in [4.78, 5) is 4.07. The van der Waals surface area contributed by atoms with Crippen LogP contribution in [-0.4, -0.2) is 10.8 Å². The van der Waals surface area contributed by atoms with E-state index in [1.165, 1.54) is 0 Å². The molecular formula is C9H8N2. The van der Waals surface area contributed by atoms with Crippen molar-refractivity contribution in [2.75, 3.05) is 0 Å². The Hall–Kier alpha value is -1.57. The van der Waals surface area contributed by atoms with E-state index in [4.69, 9.17) is 0 Å². The number of rotatable bonds is 0. The summed E-state index contributed by atoms with van der Waals surface area (Å²) in [6, 6.07) is 4.02. The predicted molar refractivity (Wildman–Crippen MR) is 46.5 cm³/mol. The van der Waals surface area contributed by atoms with Crippen molar-refractivity contribution >= 4 is 12.4 Å². The molecule has 0 fully saturated rings. The summed E-state index contributed by atoms with van der Waals surface area (Å²) in [6.07, 6.45) is 11.5. The van der Waals surface area contributed by atoms with Crippen molar-refractivity contribution in [2.45, 2.75) is 0 Å².